The van der Waals surface area contributed by atoms with Gasteiger partial charge in [0.1, 0.15) is 23.8 Å². The van der Waals surface area contributed by atoms with Crippen LogP contribution in [0.4, 0.5) is 13.2 Å². The van der Waals surface area contributed by atoms with E-state index >= 15 is 0 Å². The monoisotopic (exact) mass is 406 g/mol. The van der Waals surface area contributed by atoms with E-state index in [-0.39, 0.29) is 31.1 Å². The number of hydrogen-bond donors (Lipinski definition) is 1. The summed E-state index contributed by atoms with van der Waals surface area (Å²) in [6, 6.07) is 3.27. The highest BCUT2D eigenvalue weighted by Crippen LogP contribution is 2.25. The fraction of sp³-hybridized carbons (Fsp3) is 0.467. The lowest BCUT2D eigenvalue weighted by atomic mass is 10.3. The molecule has 1 fully saturated rings. The van der Waals surface area contributed by atoms with Gasteiger partial charge in [-0.15, -0.1) is 0 Å². The fourth-order valence-electron chi connectivity index (χ4n) is 2.81. The number of halogens is 3. The molecule has 2 aromatic heterocycles. The number of nitrogens with zero attached hydrogens (tertiary/aromatic N) is 3. The Morgan fingerprint density at radius 1 is 1.26 bits per heavy atom. The Kier molecular flexibility index (Phi) is 5.40. The van der Waals surface area contributed by atoms with Gasteiger partial charge in [0.15, 0.2) is 0 Å². The minimum Gasteiger partial charge on any atom is -0.362 e. The molecule has 27 heavy (non-hydrogen) atoms. The van der Waals surface area contributed by atoms with E-state index in [9.17, 15) is 26.4 Å². The molecule has 0 atom stereocenters. The first-order chi connectivity index (χ1) is 12.7. The van der Waals surface area contributed by atoms with Crippen LogP contribution in [0.25, 0.3) is 11.0 Å². The highest BCUT2D eigenvalue weighted by Gasteiger charge is 2.32. The number of carbonyl (C=O) groups excluding carboxylic acids is 1. The molecule has 1 amide bonds. The average Bonchev–Trinajstić information content (AvgIpc) is 3.05. The summed E-state index contributed by atoms with van der Waals surface area (Å²) in [5, 5.41) is 0.469. The number of sulfonamides is 1. The van der Waals surface area contributed by atoms with Gasteiger partial charge >= 0.3 is 6.18 Å². The summed E-state index contributed by atoms with van der Waals surface area (Å²) < 4.78 is 67.4. The van der Waals surface area contributed by atoms with Crippen molar-refractivity contribution in [1.82, 2.24) is 19.2 Å². The van der Waals surface area contributed by atoms with Crippen molar-refractivity contribution in [3.63, 3.8) is 0 Å². The second kappa shape index (κ2) is 7.44. The number of aromatic amines is 1. The van der Waals surface area contributed by atoms with Crippen LogP contribution in [0, 0.1) is 0 Å². The van der Waals surface area contributed by atoms with Gasteiger partial charge in [-0.05, 0) is 12.1 Å². The molecule has 3 rings (SSSR count). The molecule has 0 bridgehead atoms. The fourth-order valence-corrected chi connectivity index (χ4v) is 4.38. The number of hydrogen-bond acceptors (Lipinski definition) is 5. The lowest BCUT2D eigenvalue weighted by Gasteiger charge is -2.33. The maximum atomic E-state index is 12.8. The van der Waals surface area contributed by atoms with Gasteiger partial charge in [0.2, 0.25) is 15.9 Å². The quantitative estimate of drug-likeness (QED) is 0.799. The van der Waals surface area contributed by atoms with Gasteiger partial charge in [0.05, 0.1) is 0 Å². The first-order valence-corrected chi connectivity index (χ1v) is 9.47. The molecule has 1 saturated heterocycles. The van der Waals surface area contributed by atoms with Crippen molar-refractivity contribution in [1.29, 1.82) is 0 Å². The first kappa shape index (κ1) is 19.6. The molecule has 0 radical (unpaired) electrons. The normalized spacial score (nSPS) is 16.8. The minimum atomic E-state index is -4.50. The average molecular weight is 406 g/mol. The molecule has 0 saturated carbocycles. The molecule has 0 unspecified atom stereocenters. The molecular weight excluding hydrogens is 389 g/mol. The molecule has 1 N–H and O–H groups in total. The number of rotatable bonds is 5. The Balaban J connectivity index is 1.61. The van der Waals surface area contributed by atoms with Gasteiger partial charge in [-0.2, -0.15) is 17.5 Å². The number of carbonyl (C=O) groups is 1. The smallest absolute Gasteiger partial charge is 0.362 e. The van der Waals surface area contributed by atoms with E-state index in [1.807, 2.05) is 0 Å². The van der Waals surface area contributed by atoms with Crippen molar-refractivity contribution >= 4 is 27.0 Å². The molecule has 0 spiro atoms. The van der Waals surface area contributed by atoms with Crippen molar-refractivity contribution in [2.24, 2.45) is 0 Å². The van der Waals surface area contributed by atoms with Crippen LogP contribution in [0.15, 0.2) is 29.4 Å². The molecule has 1 aliphatic heterocycles. The summed E-state index contributed by atoms with van der Waals surface area (Å²) >= 11 is 0. The number of fused-ring (bicyclic) bond motifs is 1. The molecule has 3 heterocycles. The van der Waals surface area contributed by atoms with Crippen molar-refractivity contribution in [3.05, 3.63) is 24.5 Å². The second-order valence-corrected chi connectivity index (χ2v) is 7.85. The van der Waals surface area contributed by atoms with Crippen LogP contribution >= 0.6 is 0 Å². The van der Waals surface area contributed by atoms with Crippen LogP contribution in [0.1, 0.15) is 0 Å². The predicted molar refractivity (Wildman–Crippen MR) is 88.3 cm³/mol. The SMILES string of the molecule is O=C(COCC(F)(F)F)N1CCN(S(=O)(=O)c2c[nH]c3ncccc23)CC1. The Morgan fingerprint density at radius 3 is 2.63 bits per heavy atom. The van der Waals surface area contributed by atoms with Crippen LogP contribution in [0.5, 0.6) is 0 Å². The summed E-state index contributed by atoms with van der Waals surface area (Å²) in [4.78, 5) is 20.1. The number of ether oxygens (including phenoxy) is 1. The molecule has 0 aliphatic carbocycles. The zero-order chi connectivity index (χ0) is 19.7. The van der Waals surface area contributed by atoms with Crippen LogP contribution in [-0.2, 0) is 19.6 Å². The van der Waals surface area contributed by atoms with Gasteiger partial charge in [-0.25, -0.2) is 13.4 Å². The maximum absolute atomic E-state index is 12.8. The molecular formula is C15H17F3N4O4S. The first-order valence-electron chi connectivity index (χ1n) is 8.03. The maximum Gasteiger partial charge on any atom is 0.411 e. The van der Waals surface area contributed by atoms with Crippen LogP contribution in [0.2, 0.25) is 0 Å². The molecule has 148 valence electrons. The highest BCUT2D eigenvalue weighted by molar-refractivity contribution is 7.89. The van der Waals surface area contributed by atoms with Gasteiger partial charge in [-0.1, -0.05) is 0 Å². The molecule has 8 nitrogen and oxygen atoms in total. The van der Waals surface area contributed by atoms with Crippen molar-refractivity contribution < 1.29 is 31.1 Å². The summed E-state index contributed by atoms with van der Waals surface area (Å²) in [6.07, 6.45) is -1.59. The molecule has 2 aromatic rings. The predicted octanol–water partition coefficient (Wildman–Crippen LogP) is 0.975. The number of H-pyrrole nitrogens is 1. The molecule has 1 aliphatic rings. The van der Waals surface area contributed by atoms with Crippen molar-refractivity contribution in [2.75, 3.05) is 39.4 Å². The Bertz CT molecular complexity index is 921. The summed E-state index contributed by atoms with van der Waals surface area (Å²) in [6.45, 7) is -1.95. The summed E-state index contributed by atoms with van der Waals surface area (Å²) in [7, 11) is -3.79. The third kappa shape index (κ3) is 4.39. The van der Waals surface area contributed by atoms with E-state index in [1.165, 1.54) is 15.4 Å². The van der Waals surface area contributed by atoms with Gasteiger partial charge < -0.3 is 14.6 Å². The summed E-state index contributed by atoms with van der Waals surface area (Å²) in [5.41, 5.74) is 0.451. The van der Waals surface area contributed by atoms with E-state index in [0.29, 0.717) is 11.0 Å². The van der Waals surface area contributed by atoms with Gasteiger partial charge in [-0.3, -0.25) is 4.79 Å². The number of alkyl halides is 3. The number of piperazine rings is 1. The van der Waals surface area contributed by atoms with Gasteiger partial charge in [0.25, 0.3) is 0 Å². The Labute approximate surface area is 153 Å². The Hall–Kier alpha value is -2.18. The molecule has 0 aromatic carbocycles. The number of amides is 1. The minimum absolute atomic E-state index is 0.0419. The molecule has 12 heteroatoms. The topological polar surface area (TPSA) is 95.6 Å². The Morgan fingerprint density at radius 2 is 1.96 bits per heavy atom. The van der Waals surface area contributed by atoms with Gasteiger partial charge in [0, 0.05) is 44.0 Å². The number of nitrogens with one attached hydrogen (secondary N) is 1. The van der Waals surface area contributed by atoms with Crippen LogP contribution in [0.3, 0.4) is 0 Å². The zero-order valence-corrected chi connectivity index (χ0v) is 14.9. The van der Waals surface area contributed by atoms with Crippen LogP contribution in [-0.4, -0.2) is 79.1 Å². The third-order valence-corrected chi connectivity index (χ3v) is 6.05. The highest BCUT2D eigenvalue weighted by atomic mass is 32.2. The lowest BCUT2D eigenvalue weighted by molar-refractivity contribution is -0.178. The van der Waals surface area contributed by atoms with E-state index in [0.717, 1.165) is 0 Å². The number of aromatic nitrogens is 2. The van der Waals surface area contributed by atoms with E-state index < -0.39 is 35.3 Å². The third-order valence-electron chi connectivity index (χ3n) is 4.11. The number of pyridine rings is 1. The van der Waals surface area contributed by atoms with E-state index in [2.05, 4.69) is 14.7 Å². The van der Waals surface area contributed by atoms with Crippen molar-refractivity contribution in [3.8, 4) is 0 Å². The standard InChI is InChI=1S/C15H17F3N4O4S/c16-15(17,18)10-26-9-13(23)21-4-6-22(7-5-21)27(24,25)12-8-20-14-11(12)2-1-3-19-14/h1-3,8H,4-7,9-10H2,(H,19,20). The summed E-state index contributed by atoms with van der Waals surface area (Å²) in [5.74, 6) is -0.604. The van der Waals surface area contributed by atoms with Crippen molar-refractivity contribution in [2.45, 2.75) is 11.1 Å². The van der Waals surface area contributed by atoms with E-state index in [4.69, 9.17) is 0 Å². The second-order valence-electron chi connectivity index (χ2n) is 5.95. The van der Waals surface area contributed by atoms with E-state index in [1.54, 1.807) is 18.3 Å². The lowest BCUT2D eigenvalue weighted by Crippen LogP contribution is -2.51. The van der Waals surface area contributed by atoms with Crippen LogP contribution < -0.4 is 0 Å². The largest absolute Gasteiger partial charge is 0.411 e. The zero-order valence-electron chi connectivity index (χ0n) is 14.1.